The van der Waals surface area contributed by atoms with Crippen LogP contribution in [0.25, 0.3) is 0 Å². The average molecular weight is 401 g/mol. The van der Waals surface area contributed by atoms with Crippen molar-refractivity contribution in [1.29, 1.82) is 0 Å². The Hall–Kier alpha value is -2.13. The van der Waals surface area contributed by atoms with Crippen LogP contribution in [0.5, 0.6) is 0 Å². The third kappa shape index (κ3) is 5.93. The van der Waals surface area contributed by atoms with Crippen molar-refractivity contribution in [2.45, 2.75) is 51.3 Å². The molecule has 1 aromatic carbocycles. The molecule has 0 radical (unpaired) electrons. The van der Waals surface area contributed by atoms with Crippen LogP contribution in [0.3, 0.4) is 0 Å². The first-order valence-corrected chi connectivity index (χ1v) is 9.08. The predicted molar refractivity (Wildman–Crippen MR) is 96.8 cm³/mol. The number of ether oxygens (including phenoxy) is 1. The Labute approximate surface area is 162 Å². The van der Waals surface area contributed by atoms with Gasteiger partial charge in [-0.05, 0) is 38.8 Å². The Bertz CT molecular complexity index is 737. The number of carbonyl (C=O) groups is 2. The van der Waals surface area contributed by atoms with E-state index < -0.39 is 35.1 Å². The summed E-state index contributed by atoms with van der Waals surface area (Å²) >= 11 is 0. The number of benzene rings is 1. The Balaban J connectivity index is 2.02. The molecule has 0 aliphatic carbocycles. The minimum atomic E-state index is -1.29. The van der Waals surface area contributed by atoms with Crippen LogP contribution in [0.15, 0.2) is 12.1 Å². The van der Waals surface area contributed by atoms with E-state index in [-0.39, 0.29) is 36.8 Å². The van der Waals surface area contributed by atoms with E-state index in [1.165, 1.54) is 4.90 Å². The van der Waals surface area contributed by atoms with Crippen LogP contribution >= 0.6 is 0 Å². The number of piperazine rings is 1. The second kappa shape index (κ2) is 8.91. The summed E-state index contributed by atoms with van der Waals surface area (Å²) in [6.45, 7) is 6.16. The number of nitrogens with zero attached hydrogens (tertiary/aromatic N) is 1. The predicted octanol–water partition coefficient (Wildman–Crippen LogP) is 1.51. The highest BCUT2D eigenvalue weighted by molar-refractivity contribution is 5.89. The van der Waals surface area contributed by atoms with Crippen molar-refractivity contribution in [1.82, 2.24) is 10.2 Å². The lowest BCUT2D eigenvalue weighted by molar-refractivity contribution is -0.148. The third-order valence-corrected chi connectivity index (χ3v) is 4.33. The van der Waals surface area contributed by atoms with Gasteiger partial charge in [0, 0.05) is 31.6 Å². The average Bonchev–Trinajstić information content (AvgIpc) is 2.57. The van der Waals surface area contributed by atoms with Gasteiger partial charge in [0.1, 0.15) is 11.9 Å². The fourth-order valence-corrected chi connectivity index (χ4v) is 2.92. The molecule has 0 aromatic heterocycles. The number of amides is 2. The zero-order valence-corrected chi connectivity index (χ0v) is 16.2. The van der Waals surface area contributed by atoms with Gasteiger partial charge in [0.25, 0.3) is 0 Å². The van der Waals surface area contributed by atoms with E-state index in [1.54, 1.807) is 0 Å². The van der Waals surface area contributed by atoms with Gasteiger partial charge in [-0.1, -0.05) is 0 Å². The maximum Gasteiger partial charge on any atom is 0.245 e. The molecule has 2 rings (SSSR count). The second-order valence-electron chi connectivity index (χ2n) is 7.84. The van der Waals surface area contributed by atoms with Crippen molar-refractivity contribution in [2.24, 2.45) is 5.73 Å². The van der Waals surface area contributed by atoms with Gasteiger partial charge in [0.05, 0.1) is 12.2 Å². The molecule has 1 aliphatic rings. The number of rotatable bonds is 6. The van der Waals surface area contributed by atoms with E-state index in [4.69, 9.17) is 10.5 Å². The first-order chi connectivity index (χ1) is 13.0. The summed E-state index contributed by atoms with van der Waals surface area (Å²) in [5.74, 6) is -4.08. The maximum absolute atomic E-state index is 13.8. The van der Waals surface area contributed by atoms with Crippen molar-refractivity contribution >= 4 is 11.8 Å². The van der Waals surface area contributed by atoms with Crippen LogP contribution in [-0.4, -0.2) is 54.1 Å². The monoisotopic (exact) mass is 401 g/mol. The molecular formula is C19H26F3N3O3. The SMILES string of the molecule is CC(C)(C)OC[C@H]1C(=O)NCCN1C(=O)C[C@H](N)Cc1cc(F)c(F)cc1F. The molecule has 0 bridgehead atoms. The van der Waals surface area contributed by atoms with Gasteiger partial charge >= 0.3 is 0 Å². The number of nitrogens with two attached hydrogens (primary N) is 1. The molecule has 0 spiro atoms. The molecular weight excluding hydrogens is 375 g/mol. The van der Waals surface area contributed by atoms with Crippen LogP contribution in [0.4, 0.5) is 13.2 Å². The lowest BCUT2D eigenvalue weighted by atomic mass is 10.0. The molecule has 1 saturated heterocycles. The highest BCUT2D eigenvalue weighted by atomic mass is 19.2. The Morgan fingerprint density at radius 3 is 2.57 bits per heavy atom. The maximum atomic E-state index is 13.8. The molecule has 0 unspecified atom stereocenters. The summed E-state index contributed by atoms with van der Waals surface area (Å²) in [5, 5.41) is 2.69. The number of hydrogen-bond acceptors (Lipinski definition) is 4. The first kappa shape index (κ1) is 22.2. The topological polar surface area (TPSA) is 84.7 Å². The molecule has 1 aliphatic heterocycles. The third-order valence-electron chi connectivity index (χ3n) is 4.33. The van der Waals surface area contributed by atoms with Crippen LogP contribution in [-0.2, 0) is 20.7 Å². The zero-order valence-electron chi connectivity index (χ0n) is 16.2. The van der Waals surface area contributed by atoms with E-state index >= 15 is 0 Å². The van der Waals surface area contributed by atoms with Crippen LogP contribution < -0.4 is 11.1 Å². The Morgan fingerprint density at radius 1 is 1.29 bits per heavy atom. The molecule has 1 aromatic rings. The Morgan fingerprint density at radius 2 is 1.93 bits per heavy atom. The number of carbonyl (C=O) groups excluding carboxylic acids is 2. The summed E-state index contributed by atoms with van der Waals surface area (Å²) in [6.07, 6.45) is -0.310. The molecule has 2 atom stereocenters. The number of hydrogen-bond donors (Lipinski definition) is 2. The summed E-state index contributed by atoms with van der Waals surface area (Å²) < 4.78 is 45.8. The molecule has 156 valence electrons. The van der Waals surface area contributed by atoms with Crippen molar-refractivity contribution < 1.29 is 27.5 Å². The highest BCUT2D eigenvalue weighted by Crippen LogP contribution is 2.17. The molecule has 0 saturated carbocycles. The lowest BCUT2D eigenvalue weighted by Gasteiger charge is -2.36. The molecule has 9 heteroatoms. The first-order valence-electron chi connectivity index (χ1n) is 9.08. The largest absolute Gasteiger partial charge is 0.373 e. The van der Waals surface area contributed by atoms with E-state index in [0.717, 1.165) is 6.07 Å². The van der Waals surface area contributed by atoms with Crippen molar-refractivity contribution in [3.63, 3.8) is 0 Å². The smallest absolute Gasteiger partial charge is 0.245 e. The Kier molecular flexibility index (Phi) is 7.06. The quantitative estimate of drug-likeness (QED) is 0.708. The summed E-state index contributed by atoms with van der Waals surface area (Å²) in [5.41, 5.74) is 5.34. The number of halogens is 3. The van der Waals surface area contributed by atoms with E-state index in [9.17, 15) is 22.8 Å². The molecule has 2 amide bonds. The number of nitrogens with one attached hydrogen (secondary N) is 1. The van der Waals surface area contributed by atoms with Crippen LogP contribution in [0, 0.1) is 17.5 Å². The van der Waals surface area contributed by atoms with Gasteiger partial charge in [-0.15, -0.1) is 0 Å². The van der Waals surface area contributed by atoms with E-state index in [1.807, 2.05) is 20.8 Å². The zero-order chi connectivity index (χ0) is 21.1. The minimum Gasteiger partial charge on any atom is -0.373 e. The van der Waals surface area contributed by atoms with E-state index in [0.29, 0.717) is 19.2 Å². The normalized spacial score (nSPS) is 18.8. The van der Waals surface area contributed by atoms with Gasteiger partial charge in [-0.2, -0.15) is 0 Å². The lowest BCUT2D eigenvalue weighted by Crippen LogP contribution is -2.60. The molecule has 1 heterocycles. The van der Waals surface area contributed by atoms with E-state index in [2.05, 4.69) is 5.32 Å². The van der Waals surface area contributed by atoms with Crippen molar-refractivity contribution in [3.05, 3.63) is 35.1 Å². The van der Waals surface area contributed by atoms with Gasteiger partial charge in [0.15, 0.2) is 11.6 Å². The summed E-state index contributed by atoms with van der Waals surface area (Å²) in [6, 6.07) is -0.411. The standard InChI is InChI=1S/C19H26F3N3O3/c1-19(2,3)28-10-16-18(27)24-4-5-25(16)17(26)8-12(23)6-11-7-14(21)15(22)9-13(11)20/h7,9,12,16H,4-6,8,10,23H2,1-3H3,(H,24,27)/t12-,16+/m1/s1. The minimum absolute atomic E-state index is 0.0358. The van der Waals surface area contributed by atoms with Gasteiger partial charge in [-0.3, -0.25) is 9.59 Å². The van der Waals surface area contributed by atoms with Gasteiger partial charge in [-0.25, -0.2) is 13.2 Å². The van der Waals surface area contributed by atoms with Crippen molar-refractivity contribution in [3.8, 4) is 0 Å². The fraction of sp³-hybridized carbons (Fsp3) is 0.579. The molecule has 6 nitrogen and oxygen atoms in total. The summed E-state index contributed by atoms with van der Waals surface area (Å²) in [7, 11) is 0. The highest BCUT2D eigenvalue weighted by Gasteiger charge is 2.34. The van der Waals surface area contributed by atoms with Gasteiger partial charge in [0.2, 0.25) is 11.8 Å². The van der Waals surface area contributed by atoms with Crippen LogP contribution in [0.2, 0.25) is 0 Å². The molecule has 3 N–H and O–H groups in total. The molecule has 28 heavy (non-hydrogen) atoms. The summed E-state index contributed by atoms with van der Waals surface area (Å²) in [4.78, 5) is 26.2. The second-order valence-corrected chi connectivity index (χ2v) is 7.84. The molecule has 1 fully saturated rings. The fourth-order valence-electron chi connectivity index (χ4n) is 2.92. The van der Waals surface area contributed by atoms with Crippen molar-refractivity contribution in [2.75, 3.05) is 19.7 Å². The van der Waals surface area contributed by atoms with Crippen LogP contribution in [0.1, 0.15) is 32.8 Å². The van der Waals surface area contributed by atoms with Gasteiger partial charge < -0.3 is 20.7 Å².